The molecule has 0 aliphatic heterocycles. The summed E-state index contributed by atoms with van der Waals surface area (Å²) in [6, 6.07) is 3.02. The van der Waals surface area contributed by atoms with Gasteiger partial charge in [-0.3, -0.25) is 9.59 Å². The van der Waals surface area contributed by atoms with Crippen LogP contribution in [0.15, 0.2) is 16.9 Å². The minimum Gasteiger partial charge on any atom is -0.486 e. The number of nitrogens with zero attached hydrogens (tertiary/aromatic N) is 3. The second kappa shape index (κ2) is 8.62. The van der Waals surface area contributed by atoms with Gasteiger partial charge in [-0.15, -0.1) is 0 Å². The van der Waals surface area contributed by atoms with Gasteiger partial charge in [0, 0.05) is 11.6 Å². The first-order chi connectivity index (χ1) is 14.8. The molecule has 3 aromatic rings. The highest BCUT2D eigenvalue weighted by molar-refractivity contribution is 6.32. The molecule has 0 unspecified atom stereocenters. The van der Waals surface area contributed by atoms with E-state index in [4.69, 9.17) is 21.4 Å². The summed E-state index contributed by atoms with van der Waals surface area (Å²) in [5.41, 5.74) is 2.76. The molecule has 0 saturated carbocycles. The lowest BCUT2D eigenvalue weighted by Crippen LogP contribution is -2.33. The van der Waals surface area contributed by atoms with Crippen molar-refractivity contribution >= 4 is 28.6 Å². The van der Waals surface area contributed by atoms with Gasteiger partial charge in [0.15, 0.2) is 0 Å². The Morgan fingerprint density at radius 3 is 2.74 bits per heavy atom. The topological polar surface area (TPSA) is 110 Å². The third-order valence-electron chi connectivity index (χ3n) is 5.12. The monoisotopic (exact) mass is 452 g/mol. The summed E-state index contributed by atoms with van der Waals surface area (Å²) in [5.74, 6) is -0.512. The maximum absolute atomic E-state index is 12.6. The van der Waals surface area contributed by atoms with Crippen LogP contribution in [0.5, 0.6) is 5.75 Å². The van der Waals surface area contributed by atoms with Crippen LogP contribution in [0.1, 0.15) is 35.5 Å². The minimum absolute atomic E-state index is 0.109. The van der Waals surface area contributed by atoms with Gasteiger partial charge in [0.1, 0.15) is 24.7 Å². The Balaban J connectivity index is 1.70. The van der Waals surface area contributed by atoms with Crippen LogP contribution in [0.2, 0.25) is 5.02 Å². The fraction of sp³-hybridized carbons (Fsp3) is 0.400. The predicted octanol–water partition coefficient (Wildman–Crippen LogP) is 2.97. The van der Waals surface area contributed by atoms with E-state index in [9.17, 15) is 18.4 Å². The van der Waals surface area contributed by atoms with Crippen LogP contribution in [0.3, 0.4) is 0 Å². The first kappa shape index (κ1) is 21.2. The largest absolute Gasteiger partial charge is 0.486 e. The molecule has 31 heavy (non-hydrogen) atoms. The number of rotatable bonds is 7. The Bertz CT molecular complexity index is 1210. The van der Waals surface area contributed by atoms with Gasteiger partial charge in [-0.2, -0.15) is 5.10 Å². The maximum Gasteiger partial charge on any atom is 0.325 e. The molecule has 8 nitrogen and oxygen atoms in total. The molecule has 1 aliphatic carbocycles. The molecule has 0 bridgehead atoms. The van der Waals surface area contributed by atoms with Gasteiger partial charge < -0.3 is 14.8 Å². The zero-order valence-corrected chi connectivity index (χ0v) is 17.1. The van der Waals surface area contributed by atoms with Gasteiger partial charge >= 0.3 is 5.97 Å². The molecule has 1 aromatic carbocycles. The second-order valence-corrected chi connectivity index (χ2v) is 7.74. The maximum atomic E-state index is 12.6. The number of aromatic nitrogens is 4. The number of carbonyl (C=O) groups is 1. The minimum atomic E-state index is -2.62. The summed E-state index contributed by atoms with van der Waals surface area (Å²) >= 11 is 6.11. The molecule has 0 amide bonds. The summed E-state index contributed by atoms with van der Waals surface area (Å²) in [5, 5.41) is 13.6. The Morgan fingerprint density at radius 2 is 2.03 bits per heavy atom. The Labute approximate surface area is 179 Å². The summed E-state index contributed by atoms with van der Waals surface area (Å²) in [7, 11) is 0. The first-order valence-corrected chi connectivity index (χ1v) is 10.1. The van der Waals surface area contributed by atoms with E-state index in [0.29, 0.717) is 41.0 Å². The van der Waals surface area contributed by atoms with Crippen LogP contribution in [0, 0.1) is 0 Å². The molecular weight excluding hydrogens is 434 g/mol. The number of aromatic amines is 1. The van der Waals surface area contributed by atoms with E-state index in [1.165, 1.54) is 6.07 Å². The van der Waals surface area contributed by atoms with Crippen molar-refractivity contribution in [3.05, 3.63) is 50.2 Å². The lowest BCUT2D eigenvalue weighted by Gasteiger charge is -2.19. The third kappa shape index (κ3) is 4.53. The van der Waals surface area contributed by atoms with Gasteiger partial charge in [-0.1, -0.05) is 11.6 Å². The van der Waals surface area contributed by atoms with E-state index >= 15 is 0 Å². The Hall–Kier alpha value is -3.01. The van der Waals surface area contributed by atoms with Crippen LogP contribution < -0.4 is 10.3 Å². The summed E-state index contributed by atoms with van der Waals surface area (Å²) in [6.07, 6.45) is 0.693. The molecule has 0 radical (unpaired) electrons. The van der Waals surface area contributed by atoms with Gasteiger partial charge in [-0.05, 0) is 37.3 Å². The van der Waals surface area contributed by atoms with E-state index in [-0.39, 0.29) is 22.8 Å². The van der Waals surface area contributed by atoms with Gasteiger partial charge in [0.2, 0.25) is 0 Å². The Morgan fingerprint density at radius 1 is 1.29 bits per heavy atom. The number of nitrogens with one attached hydrogen (secondary N) is 1. The number of fused-ring (bicyclic) bond motifs is 2. The van der Waals surface area contributed by atoms with Crippen LogP contribution >= 0.6 is 11.6 Å². The number of H-pyrrole nitrogens is 1. The Kier molecular flexibility index (Phi) is 5.90. The van der Waals surface area contributed by atoms with E-state index < -0.39 is 25.5 Å². The molecule has 11 heteroatoms. The van der Waals surface area contributed by atoms with Crippen LogP contribution in [0.4, 0.5) is 8.78 Å². The van der Waals surface area contributed by atoms with Crippen molar-refractivity contribution in [2.24, 2.45) is 0 Å². The molecule has 2 N–H and O–H groups in total. The molecule has 0 fully saturated rings. The smallest absolute Gasteiger partial charge is 0.325 e. The van der Waals surface area contributed by atoms with E-state index in [2.05, 4.69) is 15.1 Å². The third-order valence-corrected chi connectivity index (χ3v) is 5.41. The standard InChI is InChI=1S/C20H19ClF2N4O4/c21-12-5-14-15(6-16(12)31-9-17(22)23)25-18(24-14)7-13-10-3-1-2-4-11(10)20(30)27(26-13)8-19(28)29/h5-6,17H,1-4,7-9H2,(H,24,25)(H,28,29). The first-order valence-electron chi connectivity index (χ1n) is 9.74. The molecule has 1 aliphatic rings. The number of imidazole rings is 1. The zero-order chi connectivity index (χ0) is 22.1. The van der Waals surface area contributed by atoms with E-state index in [0.717, 1.165) is 23.1 Å². The average Bonchev–Trinajstić information content (AvgIpc) is 3.10. The highest BCUT2D eigenvalue weighted by atomic mass is 35.5. The molecule has 0 spiro atoms. The highest BCUT2D eigenvalue weighted by Gasteiger charge is 2.22. The van der Waals surface area contributed by atoms with Crippen molar-refractivity contribution in [1.82, 2.24) is 19.7 Å². The quantitative estimate of drug-likeness (QED) is 0.570. The van der Waals surface area contributed by atoms with Crippen LogP contribution in [0.25, 0.3) is 11.0 Å². The summed E-state index contributed by atoms with van der Waals surface area (Å²) in [6.45, 7) is -1.29. The second-order valence-electron chi connectivity index (χ2n) is 7.33. The number of carboxylic acids is 1. The molecular formula is C20H19ClF2N4O4. The summed E-state index contributed by atoms with van der Waals surface area (Å²) < 4.78 is 30.9. The normalized spacial score (nSPS) is 13.5. The predicted molar refractivity (Wildman–Crippen MR) is 108 cm³/mol. The highest BCUT2D eigenvalue weighted by Crippen LogP contribution is 2.30. The fourth-order valence-electron chi connectivity index (χ4n) is 3.81. The van der Waals surface area contributed by atoms with E-state index in [1.54, 1.807) is 6.07 Å². The average molecular weight is 453 g/mol. The number of aliphatic carboxylic acids is 1. The van der Waals surface area contributed by atoms with Gasteiger partial charge in [0.25, 0.3) is 12.0 Å². The molecule has 0 saturated heterocycles. The van der Waals surface area contributed by atoms with Crippen molar-refractivity contribution in [1.29, 1.82) is 0 Å². The van der Waals surface area contributed by atoms with Crippen LogP contribution in [-0.2, 0) is 30.6 Å². The van der Waals surface area contributed by atoms with E-state index in [1.807, 2.05) is 0 Å². The number of hydrogen-bond acceptors (Lipinski definition) is 5. The van der Waals surface area contributed by atoms with Gasteiger partial charge in [-0.25, -0.2) is 18.4 Å². The fourth-order valence-corrected chi connectivity index (χ4v) is 4.03. The number of ether oxygens (including phenoxy) is 1. The molecule has 164 valence electrons. The number of alkyl halides is 2. The van der Waals surface area contributed by atoms with Crippen molar-refractivity contribution in [2.45, 2.75) is 45.1 Å². The molecule has 4 rings (SSSR count). The van der Waals surface area contributed by atoms with Crippen LogP contribution in [-0.4, -0.2) is 43.9 Å². The lowest BCUT2D eigenvalue weighted by molar-refractivity contribution is -0.138. The van der Waals surface area contributed by atoms with Crippen molar-refractivity contribution in [3.63, 3.8) is 0 Å². The molecule has 2 aromatic heterocycles. The van der Waals surface area contributed by atoms with Crippen molar-refractivity contribution in [2.75, 3.05) is 6.61 Å². The number of halogens is 3. The molecule has 2 heterocycles. The van der Waals surface area contributed by atoms with Gasteiger partial charge in [0.05, 0.1) is 28.2 Å². The number of carboxylic acid groups (broad SMARTS) is 1. The van der Waals surface area contributed by atoms with Crippen molar-refractivity contribution < 1.29 is 23.4 Å². The summed E-state index contributed by atoms with van der Waals surface area (Å²) in [4.78, 5) is 31.3. The number of hydrogen-bond donors (Lipinski definition) is 2. The SMILES string of the molecule is O=C(O)Cn1nc(Cc2nc3cc(OCC(F)F)c(Cl)cc3[nH]2)c2c(c1=O)CCCC2. The lowest BCUT2D eigenvalue weighted by atomic mass is 9.91. The molecule has 0 atom stereocenters. The zero-order valence-electron chi connectivity index (χ0n) is 16.3. The number of benzene rings is 1. The van der Waals surface area contributed by atoms with Crippen molar-refractivity contribution in [3.8, 4) is 5.75 Å².